The number of ether oxygens (including phenoxy) is 3. The molecule has 0 amide bonds. The van der Waals surface area contributed by atoms with E-state index in [4.69, 9.17) is 14.2 Å². The largest absolute Gasteiger partial charge is 0.458 e. The lowest BCUT2D eigenvalue weighted by atomic mass is 9.41. The number of aldehydes is 1. The summed E-state index contributed by atoms with van der Waals surface area (Å²) in [5, 5.41) is 66.7. The zero-order valence-corrected chi connectivity index (χ0v) is 23.0. The summed E-state index contributed by atoms with van der Waals surface area (Å²) >= 11 is 0. The third-order valence-electron chi connectivity index (χ3n) is 12.1. The molecule has 6 aliphatic rings. The highest BCUT2D eigenvalue weighted by Gasteiger charge is 2.74. The molecule has 5 fully saturated rings. The van der Waals surface area contributed by atoms with Crippen LogP contribution in [-0.4, -0.2) is 104 Å². The van der Waals surface area contributed by atoms with Crippen LogP contribution in [0.3, 0.4) is 0 Å². The van der Waals surface area contributed by atoms with Crippen molar-refractivity contribution in [2.75, 3.05) is 6.61 Å². The van der Waals surface area contributed by atoms with E-state index in [1.807, 2.05) is 6.92 Å². The third kappa shape index (κ3) is 3.71. The van der Waals surface area contributed by atoms with E-state index in [1.165, 1.54) is 6.08 Å². The van der Waals surface area contributed by atoms with Crippen LogP contribution in [0.1, 0.15) is 65.2 Å². The number of hydrogen-bond acceptors (Lipinski definition) is 11. The number of rotatable bonds is 4. The van der Waals surface area contributed by atoms with Gasteiger partial charge in [-0.25, -0.2) is 4.79 Å². The molecule has 0 aromatic rings. The number of aliphatic hydroxyl groups is 6. The molecular formula is C29H42O11. The second kappa shape index (κ2) is 9.54. The van der Waals surface area contributed by atoms with Gasteiger partial charge < -0.3 is 49.6 Å². The standard InChI is InChI=1S/C29H42O11/c1-14-22(33)23(34)24(35)25(39-14)40-16-3-6-27(13-30)19-10-20(31)26(2)17(15-9-21(32)38-12-15)5-8-29(26,37)18(19)4-7-28(27,36)11-16/h9,13-14,16-20,22-25,31,33-37H,3-8,10-12H2,1-2H3/t14-,16-,17-,18+,19-,20-,22+,23-,24-,25+,26+,27+,28+,29+/m1/s1. The van der Waals surface area contributed by atoms with Gasteiger partial charge in [-0.1, -0.05) is 6.92 Å². The second-order valence-corrected chi connectivity index (χ2v) is 13.5. The maximum Gasteiger partial charge on any atom is 0.331 e. The van der Waals surface area contributed by atoms with E-state index in [1.54, 1.807) is 6.92 Å². The van der Waals surface area contributed by atoms with E-state index in [-0.39, 0.29) is 44.1 Å². The highest BCUT2D eigenvalue weighted by molar-refractivity contribution is 5.85. The summed E-state index contributed by atoms with van der Waals surface area (Å²) in [6, 6.07) is 0. The highest BCUT2D eigenvalue weighted by atomic mass is 16.7. The van der Waals surface area contributed by atoms with Crippen LogP contribution in [0.5, 0.6) is 0 Å². The molecule has 4 saturated carbocycles. The van der Waals surface area contributed by atoms with E-state index < -0.39 is 76.8 Å². The lowest BCUT2D eigenvalue weighted by Gasteiger charge is -2.66. The van der Waals surface area contributed by atoms with Crippen LogP contribution in [-0.2, 0) is 23.8 Å². The summed E-state index contributed by atoms with van der Waals surface area (Å²) in [4.78, 5) is 24.8. The predicted octanol–water partition coefficient (Wildman–Crippen LogP) is -0.279. The first kappa shape index (κ1) is 28.7. The van der Waals surface area contributed by atoms with Gasteiger partial charge in [0.2, 0.25) is 0 Å². The number of esters is 1. The van der Waals surface area contributed by atoms with Gasteiger partial charge in [0.15, 0.2) is 6.29 Å². The van der Waals surface area contributed by atoms with E-state index >= 15 is 0 Å². The van der Waals surface area contributed by atoms with Crippen molar-refractivity contribution < 1.29 is 54.4 Å². The zero-order chi connectivity index (χ0) is 28.8. The number of hydrogen-bond donors (Lipinski definition) is 6. The molecular weight excluding hydrogens is 524 g/mol. The first-order valence-corrected chi connectivity index (χ1v) is 14.6. The molecule has 0 aromatic carbocycles. The summed E-state index contributed by atoms with van der Waals surface area (Å²) < 4.78 is 16.8. The lowest BCUT2D eigenvalue weighted by Crippen LogP contribution is -2.71. The quantitative estimate of drug-likeness (QED) is 0.149. The first-order chi connectivity index (χ1) is 18.8. The Morgan fingerprint density at radius 2 is 1.75 bits per heavy atom. The molecule has 40 heavy (non-hydrogen) atoms. The Morgan fingerprint density at radius 3 is 2.42 bits per heavy atom. The van der Waals surface area contributed by atoms with Gasteiger partial charge in [-0.3, -0.25) is 0 Å². The van der Waals surface area contributed by atoms with Gasteiger partial charge in [0.05, 0.1) is 34.9 Å². The van der Waals surface area contributed by atoms with E-state index in [0.29, 0.717) is 25.7 Å². The topological polar surface area (TPSA) is 183 Å². The van der Waals surface area contributed by atoms with E-state index in [9.17, 15) is 40.2 Å². The molecule has 1 saturated heterocycles. The molecule has 0 bridgehead atoms. The fourth-order valence-corrected chi connectivity index (χ4v) is 9.74. The van der Waals surface area contributed by atoms with Crippen LogP contribution >= 0.6 is 0 Å². The van der Waals surface area contributed by atoms with Gasteiger partial charge in [0.25, 0.3) is 0 Å². The summed E-state index contributed by atoms with van der Waals surface area (Å²) in [6.07, 6.45) is -2.70. The van der Waals surface area contributed by atoms with Crippen LogP contribution in [0.15, 0.2) is 11.6 Å². The second-order valence-electron chi connectivity index (χ2n) is 13.5. The SMILES string of the molecule is C[C@H]1O[C@@H](O[C@@H]2CC[C@]3(C=O)[C@@H]4C[C@@H](O)[C@]5(C)[C@@H](C6=CC(=O)OC6)CC[C@]5(O)[C@H]4CC[C@]3(O)C2)[C@H](O)[C@H](O)[C@H]1O. The molecule has 0 radical (unpaired) electrons. The maximum absolute atomic E-state index is 13.0. The van der Waals surface area contributed by atoms with Gasteiger partial charge in [-0.05, 0) is 75.2 Å². The van der Waals surface area contributed by atoms with Gasteiger partial charge in [0, 0.05) is 17.9 Å². The number of fused-ring (bicyclic) bond motifs is 5. The molecule has 11 heteroatoms. The first-order valence-electron chi connectivity index (χ1n) is 14.6. The minimum absolute atomic E-state index is 0.0926. The summed E-state index contributed by atoms with van der Waals surface area (Å²) in [6.45, 7) is 3.61. The van der Waals surface area contributed by atoms with Gasteiger partial charge in [-0.15, -0.1) is 0 Å². The van der Waals surface area contributed by atoms with Gasteiger partial charge in [-0.2, -0.15) is 0 Å². The number of cyclic esters (lactones) is 1. The van der Waals surface area contributed by atoms with Crippen molar-refractivity contribution in [3.05, 3.63) is 11.6 Å². The maximum atomic E-state index is 13.0. The average Bonchev–Trinajstić information content (AvgIpc) is 3.46. The minimum atomic E-state index is -1.47. The molecule has 0 unspecified atom stereocenters. The molecule has 2 aliphatic heterocycles. The van der Waals surface area contributed by atoms with Crippen molar-refractivity contribution in [2.45, 2.75) is 119 Å². The number of aliphatic hydroxyl groups excluding tert-OH is 4. The molecule has 14 atom stereocenters. The summed E-state index contributed by atoms with van der Waals surface area (Å²) in [5.74, 6) is -1.42. The molecule has 0 aromatic heterocycles. The monoisotopic (exact) mass is 566 g/mol. The molecule has 0 spiro atoms. The number of carbonyl (C=O) groups is 2. The summed E-state index contributed by atoms with van der Waals surface area (Å²) in [7, 11) is 0. The molecule has 6 rings (SSSR count). The third-order valence-corrected chi connectivity index (χ3v) is 12.1. The summed E-state index contributed by atoms with van der Waals surface area (Å²) in [5.41, 5.74) is -4.09. The van der Waals surface area contributed by atoms with Gasteiger partial charge >= 0.3 is 5.97 Å². The molecule has 11 nitrogen and oxygen atoms in total. The van der Waals surface area contributed by atoms with Crippen LogP contribution in [0, 0.1) is 28.6 Å². The van der Waals surface area contributed by atoms with E-state index in [2.05, 4.69) is 0 Å². The van der Waals surface area contributed by atoms with Crippen molar-refractivity contribution in [1.29, 1.82) is 0 Å². The van der Waals surface area contributed by atoms with Crippen molar-refractivity contribution in [3.63, 3.8) is 0 Å². The molecule has 4 aliphatic carbocycles. The Hall–Kier alpha value is -1.44. The average molecular weight is 567 g/mol. The minimum Gasteiger partial charge on any atom is -0.458 e. The normalized spacial score (nSPS) is 56.0. The van der Waals surface area contributed by atoms with Crippen LogP contribution in [0.25, 0.3) is 0 Å². The Kier molecular flexibility index (Phi) is 6.83. The highest BCUT2D eigenvalue weighted by Crippen LogP contribution is 2.70. The smallest absolute Gasteiger partial charge is 0.331 e. The lowest BCUT2D eigenvalue weighted by molar-refractivity contribution is -0.319. The van der Waals surface area contributed by atoms with Crippen LogP contribution in [0.2, 0.25) is 0 Å². The Labute approximate surface area is 233 Å². The molecule has 224 valence electrons. The predicted molar refractivity (Wildman–Crippen MR) is 136 cm³/mol. The van der Waals surface area contributed by atoms with Crippen molar-refractivity contribution in [1.82, 2.24) is 0 Å². The molecule has 6 N–H and O–H groups in total. The van der Waals surface area contributed by atoms with Crippen LogP contribution in [0.4, 0.5) is 0 Å². The van der Waals surface area contributed by atoms with E-state index in [0.717, 1.165) is 11.9 Å². The van der Waals surface area contributed by atoms with Crippen molar-refractivity contribution in [2.24, 2.45) is 28.6 Å². The van der Waals surface area contributed by atoms with Crippen LogP contribution < -0.4 is 0 Å². The van der Waals surface area contributed by atoms with Crippen molar-refractivity contribution in [3.8, 4) is 0 Å². The fourth-order valence-electron chi connectivity index (χ4n) is 9.74. The molecule has 2 heterocycles. The van der Waals surface area contributed by atoms with Crippen molar-refractivity contribution >= 4 is 12.3 Å². The zero-order valence-electron chi connectivity index (χ0n) is 23.0. The Bertz CT molecular complexity index is 1080. The number of carbonyl (C=O) groups excluding carboxylic acids is 2. The Balaban J connectivity index is 1.25. The fraction of sp³-hybridized carbons (Fsp3) is 0.862. The Morgan fingerprint density at radius 1 is 1.00 bits per heavy atom. The van der Waals surface area contributed by atoms with Gasteiger partial charge in [0.1, 0.15) is 31.2 Å².